The van der Waals surface area contributed by atoms with E-state index in [0.717, 1.165) is 18.4 Å². The Bertz CT molecular complexity index is 739. The summed E-state index contributed by atoms with van der Waals surface area (Å²) in [6, 6.07) is 4.29. The number of carbonyl (C=O) groups is 2. The second kappa shape index (κ2) is 7.82. The summed E-state index contributed by atoms with van der Waals surface area (Å²) in [5, 5.41) is 5.20. The van der Waals surface area contributed by atoms with Crippen LogP contribution in [0, 0.1) is 0 Å². The Kier molecular flexibility index (Phi) is 5.79. The monoisotopic (exact) mass is 355 g/mol. The molecule has 2 amide bonds. The van der Waals surface area contributed by atoms with Crippen molar-refractivity contribution in [2.45, 2.75) is 19.5 Å². The van der Waals surface area contributed by atoms with Crippen molar-refractivity contribution in [3.05, 3.63) is 41.8 Å². The molecule has 0 atom stereocenters. The predicted octanol–water partition coefficient (Wildman–Crippen LogP) is 2.62. The van der Waals surface area contributed by atoms with E-state index in [9.17, 15) is 22.8 Å². The number of oxazole rings is 1. The zero-order valence-corrected chi connectivity index (χ0v) is 13.3. The van der Waals surface area contributed by atoms with Crippen molar-refractivity contribution in [1.29, 1.82) is 0 Å². The number of aromatic nitrogens is 1. The molecular weight excluding hydrogens is 339 g/mol. The summed E-state index contributed by atoms with van der Waals surface area (Å²) >= 11 is 0. The second-order valence-electron chi connectivity index (χ2n) is 5.21. The van der Waals surface area contributed by atoms with Crippen molar-refractivity contribution in [2.24, 2.45) is 0 Å². The van der Waals surface area contributed by atoms with Crippen LogP contribution in [0.25, 0.3) is 11.5 Å². The normalized spacial score (nSPS) is 11.2. The number of carbonyl (C=O) groups excluding carboxylic acids is 2. The Morgan fingerprint density at radius 3 is 2.36 bits per heavy atom. The lowest BCUT2D eigenvalue weighted by atomic mass is 10.1. The maximum absolute atomic E-state index is 12.5. The van der Waals surface area contributed by atoms with Gasteiger partial charge in [-0.05, 0) is 30.7 Å². The number of hydrogen-bond acceptors (Lipinski definition) is 4. The third-order valence-electron chi connectivity index (χ3n) is 3.21. The Morgan fingerprint density at radius 2 is 1.76 bits per heavy atom. The summed E-state index contributed by atoms with van der Waals surface area (Å²) in [7, 11) is 0. The van der Waals surface area contributed by atoms with Crippen LogP contribution in [0.15, 0.2) is 34.9 Å². The highest BCUT2D eigenvalue weighted by atomic mass is 19.4. The molecule has 0 saturated heterocycles. The van der Waals surface area contributed by atoms with Gasteiger partial charge < -0.3 is 15.1 Å². The van der Waals surface area contributed by atoms with E-state index in [1.165, 1.54) is 19.1 Å². The first-order valence-electron chi connectivity index (χ1n) is 7.43. The number of halogens is 3. The van der Waals surface area contributed by atoms with Crippen LogP contribution in [0.2, 0.25) is 0 Å². The summed E-state index contributed by atoms with van der Waals surface area (Å²) in [5.41, 5.74) is -0.424. The Balaban J connectivity index is 1.93. The van der Waals surface area contributed by atoms with Crippen molar-refractivity contribution in [3.8, 4) is 11.5 Å². The molecule has 0 aliphatic rings. The minimum atomic E-state index is -4.42. The third kappa shape index (κ3) is 5.33. The van der Waals surface area contributed by atoms with Crippen LogP contribution in [0.4, 0.5) is 13.2 Å². The first kappa shape index (κ1) is 18.5. The molecule has 0 radical (unpaired) electrons. The highest BCUT2D eigenvalue weighted by Gasteiger charge is 2.30. The lowest BCUT2D eigenvalue weighted by Crippen LogP contribution is -2.28. The molecule has 2 rings (SSSR count). The first-order chi connectivity index (χ1) is 11.8. The summed E-state index contributed by atoms with van der Waals surface area (Å²) in [6.45, 7) is 2.17. The maximum Gasteiger partial charge on any atom is 0.416 e. The van der Waals surface area contributed by atoms with Crippen molar-refractivity contribution in [1.82, 2.24) is 15.6 Å². The zero-order chi connectivity index (χ0) is 18.4. The van der Waals surface area contributed by atoms with Gasteiger partial charge in [-0.15, -0.1) is 0 Å². The Labute approximate surface area is 141 Å². The van der Waals surface area contributed by atoms with Gasteiger partial charge in [0.15, 0.2) is 5.69 Å². The number of alkyl halides is 3. The van der Waals surface area contributed by atoms with E-state index in [-0.39, 0.29) is 17.5 Å². The smallest absolute Gasteiger partial charge is 0.416 e. The van der Waals surface area contributed by atoms with E-state index in [0.29, 0.717) is 25.1 Å². The number of benzene rings is 1. The molecule has 1 heterocycles. The van der Waals surface area contributed by atoms with E-state index < -0.39 is 17.6 Å². The predicted molar refractivity (Wildman–Crippen MR) is 82.6 cm³/mol. The fourth-order valence-electron chi connectivity index (χ4n) is 1.96. The second-order valence-corrected chi connectivity index (χ2v) is 5.21. The van der Waals surface area contributed by atoms with Gasteiger partial charge in [-0.2, -0.15) is 13.2 Å². The molecule has 0 aliphatic carbocycles. The van der Waals surface area contributed by atoms with Crippen LogP contribution in [0.1, 0.15) is 29.4 Å². The van der Waals surface area contributed by atoms with E-state index in [4.69, 9.17) is 4.42 Å². The van der Waals surface area contributed by atoms with Crippen LogP contribution < -0.4 is 10.6 Å². The lowest BCUT2D eigenvalue weighted by molar-refractivity contribution is -0.137. The lowest BCUT2D eigenvalue weighted by Gasteiger charge is -2.06. The van der Waals surface area contributed by atoms with Gasteiger partial charge in [0.1, 0.15) is 6.26 Å². The molecule has 0 aliphatic heterocycles. The molecule has 0 spiro atoms. The molecule has 1 aromatic carbocycles. The minimum absolute atomic E-state index is 0.0226. The van der Waals surface area contributed by atoms with Crippen LogP contribution in [-0.2, 0) is 11.0 Å². The van der Waals surface area contributed by atoms with Crippen LogP contribution >= 0.6 is 0 Å². The molecule has 134 valence electrons. The van der Waals surface area contributed by atoms with Crippen LogP contribution in [0.3, 0.4) is 0 Å². The molecule has 6 nitrogen and oxygen atoms in total. The number of amides is 2. The maximum atomic E-state index is 12.5. The first-order valence-corrected chi connectivity index (χ1v) is 7.43. The molecule has 2 N–H and O–H groups in total. The highest BCUT2D eigenvalue weighted by molar-refractivity contribution is 5.92. The number of rotatable bonds is 6. The molecular formula is C16H16F3N3O3. The minimum Gasteiger partial charge on any atom is -0.444 e. The average molecular weight is 355 g/mol. The molecule has 0 saturated carbocycles. The molecule has 25 heavy (non-hydrogen) atoms. The van der Waals surface area contributed by atoms with Gasteiger partial charge in [-0.25, -0.2) is 4.98 Å². The average Bonchev–Trinajstić information content (AvgIpc) is 3.03. The number of nitrogens with one attached hydrogen (secondary N) is 2. The number of hydrogen-bond donors (Lipinski definition) is 2. The topological polar surface area (TPSA) is 84.2 Å². The van der Waals surface area contributed by atoms with Crippen molar-refractivity contribution < 1.29 is 27.2 Å². The van der Waals surface area contributed by atoms with Gasteiger partial charge in [-0.3, -0.25) is 9.59 Å². The molecule has 2 aromatic rings. The summed E-state index contributed by atoms with van der Waals surface area (Å²) in [5.74, 6) is -0.564. The number of nitrogens with zero attached hydrogens (tertiary/aromatic N) is 1. The van der Waals surface area contributed by atoms with Gasteiger partial charge in [0.2, 0.25) is 11.8 Å². The van der Waals surface area contributed by atoms with E-state index in [2.05, 4.69) is 15.6 Å². The fourth-order valence-corrected chi connectivity index (χ4v) is 1.96. The van der Waals surface area contributed by atoms with E-state index in [1.807, 2.05) is 0 Å². The van der Waals surface area contributed by atoms with Crippen molar-refractivity contribution in [3.63, 3.8) is 0 Å². The summed E-state index contributed by atoms with van der Waals surface area (Å²) < 4.78 is 42.7. The van der Waals surface area contributed by atoms with E-state index in [1.54, 1.807) is 0 Å². The third-order valence-corrected chi connectivity index (χ3v) is 3.21. The molecule has 0 fully saturated rings. The Morgan fingerprint density at radius 1 is 1.12 bits per heavy atom. The summed E-state index contributed by atoms with van der Waals surface area (Å²) in [6.07, 6.45) is -2.73. The van der Waals surface area contributed by atoms with Crippen LogP contribution in [-0.4, -0.2) is 29.9 Å². The Hall–Kier alpha value is -2.84. The van der Waals surface area contributed by atoms with Gasteiger partial charge in [0.25, 0.3) is 5.91 Å². The molecule has 0 bridgehead atoms. The summed E-state index contributed by atoms with van der Waals surface area (Å²) in [4.78, 5) is 26.6. The standard InChI is InChI=1S/C16H16F3N3O3/c1-10(23)20-7-2-8-21-14(24)13-9-25-15(22-13)11-3-5-12(6-4-11)16(17,18)19/h3-6,9H,2,7-8H2,1H3,(H,20,23)(H,21,24). The highest BCUT2D eigenvalue weighted by Crippen LogP contribution is 2.30. The van der Waals surface area contributed by atoms with E-state index >= 15 is 0 Å². The SMILES string of the molecule is CC(=O)NCCCNC(=O)c1coc(-c2ccc(C(F)(F)F)cc2)n1. The molecule has 1 aromatic heterocycles. The van der Waals surface area contributed by atoms with Gasteiger partial charge in [0.05, 0.1) is 5.56 Å². The molecule has 0 unspecified atom stereocenters. The van der Waals surface area contributed by atoms with Crippen molar-refractivity contribution >= 4 is 11.8 Å². The van der Waals surface area contributed by atoms with Crippen LogP contribution in [0.5, 0.6) is 0 Å². The van der Waals surface area contributed by atoms with Gasteiger partial charge in [0, 0.05) is 25.6 Å². The quantitative estimate of drug-likeness (QED) is 0.780. The molecule has 9 heteroatoms. The van der Waals surface area contributed by atoms with Gasteiger partial charge >= 0.3 is 6.18 Å². The van der Waals surface area contributed by atoms with Gasteiger partial charge in [-0.1, -0.05) is 0 Å². The zero-order valence-electron chi connectivity index (χ0n) is 13.3. The fraction of sp³-hybridized carbons (Fsp3) is 0.312. The largest absolute Gasteiger partial charge is 0.444 e. The van der Waals surface area contributed by atoms with Crippen molar-refractivity contribution in [2.75, 3.05) is 13.1 Å².